The molecule has 1 aromatic heterocycles. The van der Waals surface area contributed by atoms with E-state index in [0.717, 1.165) is 18.0 Å². The fraction of sp³-hybridized carbons (Fsp3) is 0.667. The quantitative estimate of drug-likeness (QED) is 0.592. The first-order valence-electron chi connectivity index (χ1n) is 5.10. The second-order valence-electron chi connectivity index (χ2n) is 3.35. The summed E-state index contributed by atoms with van der Waals surface area (Å²) in [6.07, 6.45) is 0. The molecule has 17 heavy (non-hydrogen) atoms. The van der Waals surface area contributed by atoms with Gasteiger partial charge >= 0.3 is 18.0 Å². The molecule has 0 spiro atoms. The van der Waals surface area contributed by atoms with E-state index in [0.29, 0.717) is 19.2 Å². The van der Waals surface area contributed by atoms with Crippen LogP contribution in [0.3, 0.4) is 0 Å². The van der Waals surface area contributed by atoms with E-state index in [2.05, 4.69) is 15.0 Å². The van der Waals surface area contributed by atoms with E-state index in [1.165, 1.54) is 14.2 Å². The molecule has 1 aliphatic rings. The summed E-state index contributed by atoms with van der Waals surface area (Å²) < 4.78 is 15.3. The average Bonchev–Trinajstić information content (AvgIpc) is 2.39. The van der Waals surface area contributed by atoms with E-state index in [4.69, 9.17) is 14.2 Å². The lowest BCUT2D eigenvalue weighted by atomic mass is 10.4. The first-order chi connectivity index (χ1) is 7.83. The zero-order valence-corrected chi connectivity index (χ0v) is 10.5. The van der Waals surface area contributed by atoms with Crippen molar-refractivity contribution in [3.05, 3.63) is 0 Å². The number of nitrogens with one attached hydrogen (secondary N) is 1. The predicted molar refractivity (Wildman–Crippen MR) is 54.1 cm³/mol. The molecule has 0 aromatic carbocycles. The maximum atomic E-state index is 5.28. The van der Waals surface area contributed by atoms with Crippen molar-refractivity contribution >= 4 is 5.95 Å². The molecule has 2 heterocycles. The molecule has 1 aliphatic heterocycles. The Labute approximate surface area is 106 Å². The second-order valence-corrected chi connectivity index (χ2v) is 3.35. The summed E-state index contributed by atoms with van der Waals surface area (Å²) in [5.74, 6) is 0.645. The van der Waals surface area contributed by atoms with Gasteiger partial charge in [0.15, 0.2) is 0 Å². The van der Waals surface area contributed by atoms with Crippen LogP contribution in [0.2, 0.25) is 0 Å². The van der Waals surface area contributed by atoms with Crippen LogP contribution in [0.25, 0.3) is 0 Å². The van der Waals surface area contributed by atoms with Crippen LogP contribution in [0.5, 0.6) is 12.0 Å². The summed E-state index contributed by atoms with van der Waals surface area (Å²) in [5.41, 5.74) is 0. The fourth-order valence-corrected chi connectivity index (χ4v) is 1.52. The highest BCUT2D eigenvalue weighted by molar-refractivity contribution is 5.13. The topological polar surface area (TPSA) is 70.8 Å². The van der Waals surface area contributed by atoms with Gasteiger partial charge in [-0.05, 0) is 0 Å². The van der Waals surface area contributed by atoms with Crippen molar-refractivity contribution in [2.24, 2.45) is 0 Å². The van der Waals surface area contributed by atoms with Crippen molar-refractivity contribution in [3.8, 4) is 12.0 Å². The molecule has 0 saturated carbocycles. The number of hydrogen-bond acceptors (Lipinski definition) is 6. The highest BCUT2D eigenvalue weighted by atomic mass is 35.5. The molecule has 0 radical (unpaired) electrons. The molecule has 0 amide bonds. The van der Waals surface area contributed by atoms with Crippen molar-refractivity contribution < 1.29 is 31.5 Å². The Morgan fingerprint density at radius 3 is 2.00 bits per heavy atom. The highest BCUT2D eigenvalue weighted by Crippen LogP contribution is 2.09. The Morgan fingerprint density at radius 2 is 1.53 bits per heavy atom. The number of rotatable bonds is 3. The number of aromatic nitrogens is 3. The van der Waals surface area contributed by atoms with Gasteiger partial charge in [0.25, 0.3) is 0 Å². The van der Waals surface area contributed by atoms with Gasteiger partial charge < -0.3 is 26.6 Å². The van der Waals surface area contributed by atoms with Crippen molar-refractivity contribution in [2.45, 2.75) is 0 Å². The molecule has 2 rings (SSSR count). The monoisotopic (exact) mass is 262 g/mol. The van der Waals surface area contributed by atoms with Crippen LogP contribution < -0.4 is 26.8 Å². The number of morpholine rings is 1. The maximum Gasteiger partial charge on any atom is 0.336 e. The van der Waals surface area contributed by atoms with Crippen LogP contribution in [-0.4, -0.2) is 55.5 Å². The van der Waals surface area contributed by atoms with Crippen LogP contribution in [-0.2, 0) is 4.74 Å². The van der Waals surface area contributed by atoms with Gasteiger partial charge in [-0.25, -0.2) is 0 Å². The minimum Gasteiger partial charge on any atom is -1.00 e. The Balaban J connectivity index is 0.00000144. The van der Waals surface area contributed by atoms with Crippen LogP contribution in [0, 0.1) is 0 Å². The second kappa shape index (κ2) is 6.53. The maximum absolute atomic E-state index is 5.28. The number of hydrogen-bond donors (Lipinski definition) is 1. The largest absolute Gasteiger partial charge is 1.00 e. The zero-order valence-electron chi connectivity index (χ0n) is 9.77. The van der Waals surface area contributed by atoms with Gasteiger partial charge in [0.1, 0.15) is 13.1 Å². The Bertz CT molecular complexity index is 338. The molecule has 1 aromatic rings. The molecular weight excluding hydrogens is 248 g/mol. The third kappa shape index (κ3) is 3.39. The molecular formula is C9H15ClN4O3. The molecule has 1 fully saturated rings. The van der Waals surface area contributed by atoms with Gasteiger partial charge in [-0.3, -0.25) is 4.90 Å². The van der Waals surface area contributed by atoms with Gasteiger partial charge in [0.05, 0.1) is 27.4 Å². The van der Waals surface area contributed by atoms with E-state index in [-0.39, 0.29) is 24.4 Å². The molecule has 0 bridgehead atoms. The lowest BCUT2D eigenvalue weighted by Gasteiger charge is -2.21. The Kier molecular flexibility index (Phi) is 5.33. The van der Waals surface area contributed by atoms with Crippen LogP contribution in [0.15, 0.2) is 0 Å². The number of halogens is 1. The van der Waals surface area contributed by atoms with E-state index < -0.39 is 0 Å². The molecule has 7 nitrogen and oxygen atoms in total. The molecule has 8 heteroatoms. The van der Waals surface area contributed by atoms with Gasteiger partial charge in [-0.2, -0.15) is 0 Å². The molecule has 1 N–H and O–H groups in total. The van der Waals surface area contributed by atoms with Crippen molar-refractivity contribution in [1.82, 2.24) is 15.0 Å². The summed E-state index contributed by atoms with van der Waals surface area (Å²) in [7, 11) is 3.04. The Morgan fingerprint density at radius 1 is 1.00 bits per heavy atom. The SMILES string of the molecule is COc1nc(OC)nc([NH+]2CCOCC2)n1.[Cl-]. The van der Waals surface area contributed by atoms with E-state index in [9.17, 15) is 0 Å². The van der Waals surface area contributed by atoms with Crippen molar-refractivity contribution in [3.63, 3.8) is 0 Å². The lowest BCUT2D eigenvalue weighted by Crippen LogP contribution is -3.10. The molecule has 0 unspecified atom stereocenters. The van der Waals surface area contributed by atoms with Gasteiger partial charge in [0.2, 0.25) is 0 Å². The molecule has 96 valence electrons. The smallest absolute Gasteiger partial charge is 0.336 e. The predicted octanol–water partition coefficient (Wildman–Crippen LogP) is -4.56. The lowest BCUT2D eigenvalue weighted by molar-refractivity contribution is -0.847. The molecule has 0 atom stereocenters. The minimum atomic E-state index is 0. The summed E-state index contributed by atoms with van der Waals surface area (Å²) in [6.45, 7) is 3.12. The summed E-state index contributed by atoms with van der Waals surface area (Å²) in [6, 6.07) is 0.557. The number of methoxy groups -OCH3 is 2. The summed E-state index contributed by atoms with van der Waals surface area (Å²) in [5, 5.41) is 0. The first kappa shape index (κ1) is 13.9. The normalized spacial score (nSPS) is 16.1. The number of ether oxygens (including phenoxy) is 3. The van der Waals surface area contributed by atoms with E-state index >= 15 is 0 Å². The molecule has 1 saturated heterocycles. The number of quaternary nitrogens is 1. The third-order valence-corrected chi connectivity index (χ3v) is 2.37. The Hall–Kier alpha value is -1.18. The summed E-state index contributed by atoms with van der Waals surface area (Å²) in [4.78, 5) is 13.5. The average molecular weight is 263 g/mol. The van der Waals surface area contributed by atoms with Gasteiger partial charge in [-0.15, -0.1) is 15.0 Å². The standard InChI is InChI=1S/C9H14N4O3.ClH/c1-14-8-10-7(11-9(12-8)15-2)13-3-5-16-6-4-13;/h3-6H2,1-2H3;1H. The van der Waals surface area contributed by atoms with Crippen molar-refractivity contribution in [2.75, 3.05) is 40.5 Å². The zero-order chi connectivity index (χ0) is 11.4. The van der Waals surface area contributed by atoms with Gasteiger partial charge in [-0.1, -0.05) is 0 Å². The van der Waals surface area contributed by atoms with Gasteiger partial charge in [0, 0.05) is 0 Å². The van der Waals surface area contributed by atoms with Crippen LogP contribution in [0.4, 0.5) is 5.95 Å². The van der Waals surface area contributed by atoms with E-state index in [1.54, 1.807) is 0 Å². The third-order valence-electron chi connectivity index (χ3n) is 2.37. The minimum absolute atomic E-state index is 0. The summed E-state index contributed by atoms with van der Waals surface area (Å²) >= 11 is 0. The fourth-order valence-electron chi connectivity index (χ4n) is 1.52. The molecule has 0 aliphatic carbocycles. The first-order valence-corrected chi connectivity index (χ1v) is 5.10. The van der Waals surface area contributed by atoms with Crippen LogP contribution in [0.1, 0.15) is 0 Å². The van der Waals surface area contributed by atoms with Crippen LogP contribution >= 0.6 is 0 Å². The van der Waals surface area contributed by atoms with Crippen molar-refractivity contribution in [1.29, 1.82) is 0 Å². The number of nitrogens with zero attached hydrogens (tertiary/aromatic N) is 3. The van der Waals surface area contributed by atoms with E-state index in [1.807, 2.05) is 0 Å². The highest BCUT2D eigenvalue weighted by Gasteiger charge is 2.22.